The number of methoxy groups -OCH3 is 1. The maximum absolute atomic E-state index is 14.6. The molecule has 0 radical (unpaired) electrons. The number of halogens is 3. The molecule has 0 bridgehead atoms. The fraction of sp³-hybridized carbons (Fsp3) is 0.355. The van der Waals surface area contributed by atoms with Crippen LogP contribution in [-0.4, -0.2) is 45.3 Å². The first-order valence-electron chi connectivity index (χ1n) is 14.3. The summed E-state index contributed by atoms with van der Waals surface area (Å²) in [5, 5.41) is 0.763. The predicted octanol–water partition coefficient (Wildman–Crippen LogP) is 7.15. The molecule has 4 aromatic heterocycles. The van der Waals surface area contributed by atoms with Crippen LogP contribution < -0.4 is 4.74 Å². The molecule has 0 spiro atoms. The summed E-state index contributed by atoms with van der Waals surface area (Å²) in [5.41, 5.74) is 2.60. The highest BCUT2D eigenvalue weighted by molar-refractivity contribution is 7.20. The molecule has 1 fully saturated rings. The van der Waals surface area contributed by atoms with Gasteiger partial charge < -0.3 is 23.2 Å². The van der Waals surface area contributed by atoms with Gasteiger partial charge in [-0.1, -0.05) is 23.7 Å². The Hall–Kier alpha value is -3.87. The lowest BCUT2D eigenvalue weighted by molar-refractivity contribution is -0.0590. The van der Waals surface area contributed by atoms with Gasteiger partial charge in [0.05, 0.1) is 36.5 Å². The predicted molar refractivity (Wildman–Crippen MR) is 160 cm³/mol. The number of thiophene rings is 1. The van der Waals surface area contributed by atoms with Crippen molar-refractivity contribution in [2.45, 2.75) is 51.4 Å². The first-order chi connectivity index (χ1) is 21.4. The van der Waals surface area contributed by atoms with Gasteiger partial charge in [0.2, 0.25) is 5.82 Å². The second-order valence-electron chi connectivity index (χ2n) is 10.9. The van der Waals surface area contributed by atoms with Crippen molar-refractivity contribution in [3.05, 3.63) is 75.5 Å². The molecule has 1 aliphatic carbocycles. The first-order valence-corrected chi connectivity index (χ1v) is 15.5. The monoisotopic (exact) mass is 640 g/mol. The minimum Gasteiger partial charge on any atom is -0.470 e. The van der Waals surface area contributed by atoms with E-state index in [1.165, 1.54) is 24.5 Å². The SMILES string of the molecule is COC(=O)c1cc2c(nc(CC3CC=C(c4ncc(F)c(OCc5ccc(Cl)c6cc(F)oc56)n4)CC3)n2C[C@@H]2CCO2)s1. The van der Waals surface area contributed by atoms with Crippen LogP contribution in [0.1, 0.15) is 52.6 Å². The van der Waals surface area contributed by atoms with E-state index in [0.717, 1.165) is 60.2 Å². The fourth-order valence-electron chi connectivity index (χ4n) is 5.67. The van der Waals surface area contributed by atoms with Gasteiger partial charge in [-0.05, 0) is 49.3 Å². The number of esters is 1. The Balaban J connectivity index is 1.05. The van der Waals surface area contributed by atoms with Gasteiger partial charge in [0.25, 0.3) is 11.9 Å². The van der Waals surface area contributed by atoms with Crippen molar-refractivity contribution in [1.29, 1.82) is 0 Å². The van der Waals surface area contributed by atoms with E-state index in [4.69, 9.17) is 35.2 Å². The molecule has 228 valence electrons. The fourth-order valence-corrected chi connectivity index (χ4v) is 6.85. The number of furan rings is 1. The van der Waals surface area contributed by atoms with Crippen molar-refractivity contribution in [2.24, 2.45) is 5.92 Å². The van der Waals surface area contributed by atoms with Gasteiger partial charge in [0, 0.05) is 30.0 Å². The largest absolute Gasteiger partial charge is 0.470 e. The Kier molecular flexibility index (Phi) is 7.81. The van der Waals surface area contributed by atoms with E-state index < -0.39 is 11.8 Å². The number of nitrogens with zero attached hydrogens (tertiary/aromatic N) is 4. The van der Waals surface area contributed by atoms with Crippen LogP contribution in [0.3, 0.4) is 0 Å². The van der Waals surface area contributed by atoms with Crippen molar-refractivity contribution >= 4 is 55.8 Å². The van der Waals surface area contributed by atoms with E-state index in [-0.39, 0.29) is 30.1 Å². The number of hydrogen-bond donors (Lipinski definition) is 0. The summed E-state index contributed by atoms with van der Waals surface area (Å²) in [6.45, 7) is 1.37. The van der Waals surface area contributed by atoms with Crippen LogP contribution >= 0.6 is 22.9 Å². The van der Waals surface area contributed by atoms with Crippen molar-refractivity contribution in [2.75, 3.05) is 13.7 Å². The third kappa shape index (κ3) is 5.57. The average molecular weight is 641 g/mol. The number of rotatable bonds is 9. The molecule has 1 saturated heterocycles. The van der Waals surface area contributed by atoms with E-state index in [2.05, 4.69) is 20.6 Å². The number of carbonyl (C=O) groups is 1. The molecule has 0 N–H and O–H groups in total. The van der Waals surface area contributed by atoms with Crippen LogP contribution in [0.2, 0.25) is 5.02 Å². The molecule has 5 heterocycles. The highest BCUT2D eigenvalue weighted by Gasteiger charge is 2.26. The Bertz CT molecular complexity index is 1910. The van der Waals surface area contributed by atoms with Gasteiger partial charge in [-0.2, -0.15) is 13.8 Å². The van der Waals surface area contributed by atoms with Gasteiger partial charge in [-0.25, -0.2) is 14.8 Å². The van der Waals surface area contributed by atoms with E-state index in [0.29, 0.717) is 45.6 Å². The number of allylic oxidation sites excluding steroid dienone is 2. The molecule has 1 unspecified atom stereocenters. The lowest BCUT2D eigenvalue weighted by Crippen LogP contribution is -2.32. The van der Waals surface area contributed by atoms with Gasteiger partial charge in [0.15, 0.2) is 5.82 Å². The number of hydrogen-bond acceptors (Lipinski definition) is 9. The topological polar surface area (TPSA) is 102 Å². The molecule has 13 heteroatoms. The Labute approximate surface area is 259 Å². The Morgan fingerprint density at radius 1 is 1.23 bits per heavy atom. The molecule has 0 amide bonds. The Morgan fingerprint density at radius 3 is 2.84 bits per heavy atom. The second kappa shape index (κ2) is 11.9. The van der Waals surface area contributed by atoms with Crippen LogP contribution in [0.5, 0.6) is 5.88 Å². The lowest BCUT2D eigenvalue weighted by atomic mass is 9.87. The molecule has 44 heavy (non-hydrogen) atoms. The van der Waals surface area contributed by atoms with Crippen LogP contribution in [0.15, 0.2) is 41.0 Å². The van der Waals surface area contributed by atoms with Gasteiger partial charge in [-0.15, -0.1) is 11.3 Å². The summed E-state index contributed by atoms with van der Waals surface area (Å²) in [4.78, 5) is 26.9. The zero-order valence-electron chi connectivity index (χ0n) is 23.6. The maximum Gasteiger partial charge on any atom is 0.348 e. The van der Waals surface area contributed by atoms with Crippen LogP contribution in [0.25, 0.3) is 26.9 Å². The molecule has 2 atom stereocenters. The third-order valence-electron chi connectivity index (χ3n) is 8.13. The van der Waals surface area contributed by atoms with Crippen molar-refractivity contribution in [1.82, 2.24) is 19.5 Å². The summed E-state index contributed by atoms with van der Waals surface area (Å²) in [7, 11) is 1.38. The molecular weight excluding hydrogens is 614 g/mol. The molecule has 5 aromatic rings. The lowest BCUT2D eigenvalue weighted by Gasteiger charge is -2.28. The molecule has 0 saturated carbocycles. The van der Waals surface area contributed by atoms with E-state index >= 15 is 0 Å². The highest BCUT2D eigenvalue weighted by Crippen LogP contribution is 2.35. The van der Waals surface area contributed by atoms with Crippen molar-refractivity contribution in [3.8, 4) is 5.88 Å². The summed E-state index contributed by atoms with van der Waals surface area (Å²) >= 11 is 7.48. The molecule has 1 aromatic carbocycles. The average Bonchev–Trinajstić information content (AvgIpc) is 3.69. The van der Waals surface area contributed by atoms with Crippen LogP contribution in [-0.2, 0) is 29.0 Å². The van der Waals surface area contributed by atoms with Gasteiger partial charge >= 0.3 is 5.97 Å². The first kappa shape index (κ1) is 28.9. The van der Waals surface area contributed by atoms with Crippen molar-refractivity contribution in [3.63, 3.8) is 0 Å². The minimum atomic E-state index is -0.767. The number of benzene rings is 1. The zero-order valence-corrected chi connectivity index (χ0v) is 25.2. The van der Waals surface area contributed by atoms with E-state index in [1.807, 2.05) is 6.07 Å². The number of imidazole rings is 1. The van der Waals surface area contributed by atoms with Gasteiger partial charge in [0.1, 0.15) is 27.7 Å². The summed E-state index contributed by atoms with van der Waals surface area (Å²) < 4.78 is 51.9. The summed E-state index contributed by atoms with van der Waals surface area (Å²) in [5.74, 6) is 0.466. The van der Waals surface area contributed by atoms with Gasteiger partial charge in [-0.3, -0.25) is 0 Å². The van der Waals surface area contributed by atoms with Crippen LogP contribution in [0.4, 0.5) is 8.78 Å². The Morgan fingerprint density at radius 2 is 2.09 bits per heavy atom. The molecule has 7 rings (SSSR count). The minimum absolute atomic E-state index is 0.0910. The summed E-state index contributed by atoms with van der Waals surface area (Å²) in [6, 6.07) is 5.54. The number of aromatic nitrogens is 4. The molecule has 2 aliphatic rings. The normalized spacial score (nSPS) is 18.4. The third-order valence-corrected chi connectivity index (χ3v) is 9.46. The highest BCUT2D eigenvalue weighted by atomic mass is 35.5. The second-order valence-corrected chi connectivity index (χ2v) is 12.4. The number of carbonyl (C=O) groups excluding carboxylic acids is 1. The smallest absolute Gasteiger partial charge is 0.348 e. The molecule has 1 aliphatic heterocycles. The quantitative estimate of drug-likeness (QED) is 0.157. The molecular formula is C31H27ClF2N4O5S. The number of ether oxygens (including phenoxy) is 3. The van der Waals surface area contributed by atoms with Crippen molar-refractivity contribution < 1.29 is 32.2 Å². The number of fused-ring (bicyclic) bond motifs is 2. The van der Waals surface area contributed by atoms with Crippen LogP contribution in [0, 0.1) is 17.7 Å². The van der Waals surface area contributed by atoms with E-state index in [9.17, 15) is 13.6 Å². The maximum atomic E-state index is 14.6. The zero-order chi connectivity index (χ0) is 30.4. The van der Waals surface area contributed by atoms with E-state index in [1.54, 1.807) is 12.1 Å². The standard InChI is InChI=1S/C31H27ClF2N4O5S/c1-40-31(39)24-12-23-30(44-24)36-26(38(23)14-19-8-9-41-19)10-16-2-4-17(5-3-16)28-35-13-22(33)29(37-28)42-15-18-6-7-21(32)20-11-25(34)43-27(18)20/h4,6-7,11-13,16,19H,2-3,5,8-10,14-15H2,1H3/t16?,19-/m0/s1. The summed E-state index contributed by atoms with van der Waals surface area (Å²) in [6.07, 6.45) is 7.49. The molecule has 9 nitrogen and oxygen atoms in total.